The van der Waals surface area contributed by atoms with E-state index in [9.17, 15) is 22.8 Å². The van der Waals surface area contributed by atoms with Gasteiger partial charge >= 0.3 is 12.1 Å². The molecule has 1 aliphatic rings. The van der Waals surface area contributed by atoms with Crippen molar-refractivity contribution < 1.29 is 27.5 Å². The molecule has 3 aromatic rings. The number of aryl methyl sites for hydroxylation is 1. The van der Waals surface area contributed by atoms with E-state index in [2.05, 4.69) is 10.4 Å². The van der Waals surface area contributed by atoms with Crippen LogP contribution in [0.4, 0.5) is 19.0 Å². The van der Waals surface area contributed by atoms with Crippen molar-refractivity contribution in [1.29, 1.82) is 0 Å². The van der Waals surface area contributed by atoms with Crippen molar-refractivity contribution in [2.45, 2.75) is 25.6 Å². The van der Waals surface area contributed by atoms with Crippen molar-refractivity contribution in [2.24, 2.45) is 0 Å². The number of rotatable bonds is 3. The summed E-state index contributed by atoms with van der Waals surface area (Å²) in [5.41, 5.74) is 0.358. The van der Waals surface area contributed by atoms with Gasteiger partial charge in [0.05, 0.1) is 22.5 Å². The Bertz CT molecular complexity index is 1140. The minimum atomic E-state index is -4.60. The van der Waals surface area contributed by atoms with Gasteiger partial charge in [-0.1, -0.05) is 30.3 Å². The van der Waals surface area contributed by atoms with E-state index in [1.54, 1.807) is 31.2 Å². The Morgan fingerprint density at radius 3 is 2.63 bits per heavy atom. The molecule has 1 amide bonds. The second kappa shape index (κ2) is 7.33. The first-order valence-electron chi connectivity index (χ1n) is 9.07. The van der Waals surface area contributed by atoms with Crippen molar-refractivity contribution in [3.63, 3.8) is 0 Å². The van der Waals surface area contributed by atoms with Crippen LogP contribution in [0.1, 0.15) is 27.2 Å². The minimum Gasteiger partial charge on any atom is -0.448 e. The smallest absolute Gasteiger partial charge is 0.418 e. The van der Waals surface area contributed by atoms with Gasteiger partial charge < -0.3 is 10.1 Å². The number of para-hydroxylation sites is 1. The van der Waals surface area contributed by atoms with Gasteiger partial charge in [0, 0.05) is 12.5 Å². The molecule has 1 atom stereocenters. The minimum absolute atomic E-state index is 0.0455. The van der Waals surface area contributed by atoms with Gasteiger partial charge in [-0.25, -0.2) is 9.48 Å². The molecule has 4 rings (SSSR count). The van der Waals surface area contributed by atoms with Crippen LogP contribution < -0.4 is 5.32 Å². The van der Waals surface area contributed by atoms with Gasteiger partial charge in [-0.05, 0) is 30.7 Å². The maximum atomic E-state index is 13.4. The summed E-state index contributed by atoms with van der Waals surface area (Å²) < 4.78 is 46.5. The third-order valence-corrected chi connectivity index (χ3v) is 4.70. The molecule has 0 bridgehead atoms. The second-order valence-corrected chi connectivity index (χ2v) is 6.84. The Hall–Kier alpha value is -3.62. The number of nitrogens with zero attached hydrogens (tertiary/aromatic N) is 2. The maximum Gasteiger partial charge on any atom is 0.418 e. The van der Waals surface area contributed by atoms with Crippen LogP contribution in [0.25, 0.3) is 5.69 Å². The van der Waals surface area contributed by atoms with E-state index in [1.165, 1.54) is 24.3 Å². The fraction of sp³-hybridized carbons (Fsp3) is 0.190. The number of benzene rings is 2. The number of carbonyl (C=O) groups is 2. The highest BCUT2D eigenvalue weighted by molar-refractivity contribution is 5.99. The molecule has 1 N–H and O–H groups in total. The number of cyclic esters (lactones) is 1. The lowest BCUT2D eigenvalue weighted by atomic mass is 9.98. The molecule has 154 valence electrons. The van der Waals surface area contributed by atoms with Gasteiger partial charge in [0.15, 0.2) is 6.10 Å². The van der Waals surface area contributed by atoms with Crippen molar-refractivity contribution in [3.8, 4) is 5.69 Å². The molecule has 0 saturated heterocycles. The van der Waals surface area contributed by atoms with Crippen molar-refractivity contribution in [1.82, 2.24) is 9.78 Å². The lowest BCUT2D eigenvalue weighted by Gasteiger charge is -2.24. The van der Waals surface area contributed by atoms with Gasteiger partial charge in [-0.3, -0.25) is 4.79 Å². The Kier molecular flexibility index (Phi) is 4.81. The van der Waals surface area contributed by atoms with Crippen molar-refractivity contribution >= 4 is 17.7 Å². The molecule has 1 aromatic heterocycles. The van der Waals surface area contributed by atoms with Gasteiger partial charge in [0.25, 0.3) is 5.91 Å². The number of esters is 1. The van der Waals surface area contributed by atoms with Crippen molar-refractivity contribution in [3.05, 3.63) is 77.0 Å². The standard InChI is InChI=1S/C21H16F3N3O3/c1-12-10-18(27(26-12)16-9-5-4-8-15(16)21(22,23)24)25-19(28)17-11-13-6-2-3-7-14(13)20(29)30-17/h2-10,17H,11H2,1H3,(H,25,28). The highest BCUT2D eigenvalue weighted by atomic mass is 19.4. The summed E-state index contributed by atoms with van der Waals surface area (Å²) >= 11 is 0. The predicted molar refractivity (Wildman–Crippen MR) is 101 cm³/mol. The van der Waals surface area contributed by atoms with E-state index < -0.39 is 29.7 Å². The molecule has 0 saturated carbocycles. The number of fused-ring (bicyclic) bond motifs is 1. The van der Waals surface area contributed by atoms with Gasteiger partial charge in [-0.2, -0.15) is 18.3 Å². The Morgan fingerprint density at radius 1 is 1.17 bits per heavy atom. The van der Waals surface area contributed by atoms with E-state index in [0.717, 1.165) is 10.7 Å². The highest BCUT2D eigenvalue weighted by Gasteiger charge is 2.35. The number of carbonyl (C=O) groups excluding carboxylic acids is 2. The zero-order valence-electron chi connectivity index (χ0n) is 15.7. The molecule has 2 aromatic carbocycles. The number of amides is 1. The van der Waals surface area contributed by atoms with E-state index in [1.807, 2.05) is 0 Å². The Balaban J connectivity index is 1.64. The van der Waals surface area contributed by atoms with Crippen LogP contribution in [0.15, 0.2) is 54.6 Å². The quantitative estimate of drug-likeness (QED) is 0.658. The molecular weight excluding hydrogens is 399 g/mol. The average molecular weight is 415 g/mol. The molecule has 0 fully saturated rings. The molecule has 0 radical (unpaired) electrons. The lowest BCUT2D eigenvalue weighted by Crippen LogP contribution is -2.38. The summed E-state index contributed by atoms with van der Waals surface area (Å²) in [6.45, 7) is 1.60. The fourth-order valence-corrected chi connectivity index (χ4v) is 3.35. The number of nitrogens with one attached hydrogen (secondary N) is 1. The van der Waals surface area contributed by atoms with E-state index in [4.69, 9.17) is 4.74 Å². The number of halogens is 3. The molecule has 1 unspecified atom stereocenters. The molecule has 6 nitrogen and oxygen atoms in total. The summed E-state index contributed by atoms with van der Waals surface area (Å²) in [7, 11) is 0. The van der Waals surface area contributed by atoms with Crippen LogP contribution >= 0.6 is 0 Å². The molecule has 0 spiro atoms. The van der Waals surface area contributed by atoms with E-state index in [0.29, 0.717) is 16.8 Å². The largest absolute Gasteiger partial charge is 0.448 e. The van der Waals surface area contributed by atoms with Crippen LogP contribution in [0.3, 0.4) is 0 Å². The molecule has 9 heteroatoms. The number of hydrogen-bond acceptors (Lipinski definition) is 4. The van der Waals surface area contributed by atoms with Gasteiger partial charge in [0.2, 0.25) is 0 Å². The summed E-state index contributed by atoms with van der Waals surface area (Å²) in [6, 6.07) is 13.2. The van der Waals surface area contributed by atoms with Gasteiger partial charge in [-0.15, -0.1) is 0 Å². The Morgan fingerprint density at radius 2 is 1.87 bits per heavy atom. The molecule has 1 aliphatic heterocycles. The van der Waals surface area contributed by atoms with Crippen LogP contribution in [-0.4, -0.2) is 27.8 Å². The molecular formula is C21H16F3N3O3. The SMILES string of the molecule is Cc1cc(NC(=O)C2Cc3ccccc3C(=O)O2)n(-c2ccccc2C(F)(F)F)n1. The highest BCUT2D eigenvalue weighted by Crippen LogP contribution is 2.34. The maximum absolute atomic E-state index is 13.4. The average Bonchev–Trinajstić information content (AvgIpc) is 3.07. The topological polar surface area (TPSA) is 73.2 Å². The first-order valence-corrected chi connectivity index (χ1v) is 9.07. The summed E-state index contributed by atoms with van der Waals surface area (Å²) in [6.07, 6.45) is -5.53. The van der Waals surface area contributed by atoms with Gasteiger partial charge in [0.1, 0.15) is 5.82 Å². The normalized spacial score (nSPS) is 16.0. The first-order chi connectivity index (χ1) is 14.2. The number of anilines is 1. The van der Waals surface area contributed by atoms with Crippen LogP contribution in [0.5, 0.6) is 0 Å². The molecule has 2 heterocycles. The summed E-state index contributed by atoms with van der Waals surface area (Å²) in [4.78, 5) is 24.9. The molecule has 0 aliphatic carbocycles. The lowest BCUT2D eigenvalue weighted by molar-refractivity contribution is -0.137. The van der Waals surface area contributed by atoms with Crippen molar-refractivity contribution in [2.75, 3.05) is 5.32 Å². The summed E-state index contributed by atoms with van der Waals surface area (Å²) in [5.74, 6) is -1.23. The third kappa shape index (κ3) is 3.66. The van der Waals surface area contributed by atoms with Crippen LogP contribution in [0.2, 0.25) is 0 Å². The zero-order valence-corrected chi connectivity index (χ0v) is 15.7. The van der Waals surface area contributed by atoms with E-state index in [-0.39, 0.29) is 17.9 Å². The zero-order chi connectivity index (χ0) is 21.5. The Labute approximate surface area is 169 Å². The van der Waals surface area contributed by atoms with Crippen LogP contribution in [0, 0.1) is 6.92 Å². The van der Waals surface area contributed by atoms with E-state index >= 15 is 0 Å². The number of hydrogen-bond donors (Lipinski definition) is 1. The number of alkyl halides is 3. The number of ether oxygens (including phenoxy) is 1. The summed E-state index contributed by atoms with van der Waals surface area (Å²) in [5, 5.41) is 6.64. The monoisotopic (exact) mass is 415 g/mol. The predicted octanol–water partition coefficient (Wildman–Crippen LogP) is 3.92. The molecule has 30 heavy (non-hydrogen) atoms. The first kappa shape index (κ1) is 19.7. The number of aromatic nitrogens is 2. The van der Waals surface area contributed by atoms with Crippen LogP contribution in [-0.2, 0) is 22.1 Å². The fourth-order valence-electron chi connectivity index (χ4n) is 3.35. The second-order valence-electron chi connectivity index (χ2n) is 6.84. The third-order valence-electron chi connectivity index (χ3n) is 4.70.